The SMILES string of the molecule is CCOc1cc(/C=C2/C(=O)N(c3ccccc3)N=C2C)cc(I)c1OCc1ccc(Cl)c(Cl)c1. The zero-order valence-corrected chi connectivity index (χ0v) is 22.2. The summed E-state index contributed by atoms with van der Waals surface area (Å²) in [6, 6.07) is 18.6. The van der Waals surface area contributed by atoms with Crippen molar-refractivity contribution < 1.29 is 14.3 Å². The van der Waals surface area contributed by atoms with Crippen molar-refractivity contribution in [3.8, 4) is 11.5 Å². The second-order valence-corrected chi connectivity index (χ2v) is 9.47. The number of halogens is 3. The summed E-state index contributed by atoms with van der Waals surface area (Å²) in [4.78, 5) is 13.1. The van der Waals surface area contributed by atoms with Gasteiger partial charge in [-0.05, 0) is 90.0 Å². The molecule has 174 valence electrons. The fraction of sp³-hybridized carbons (Fsp3) is 0.154. The van der Waals surface area contributed by atoms with Gasteiger partial charge in [0, 0.05) is 0 Å². The average molecular weight is 607 g/mol. The molecule has 1 aliphatic rings. The molecule has 1 aliphatic heterocycles. The minimum Gasteiger partial charge on any atom is -0.490 e. The minimum absolute atomic E-state index is 0.170. The molecule has 3 aromatic carbocycles. The number of carbonyl (C=O) groups excluding carboxylic acids is 1. The molecule has 0 unspecified atom stereocenters. The van der Waals surface area contributed by atoms with E-state index < -0.39 is 0 Å². The van der Waals surface area contributed by atoms with E-state index in [1.54, 1.807) is 12.1 Å². The van der Waals surface area contributed by atoms with E-state index in [-0.39, 0.29) is 5.91 Å². The fourth-order valence-electron chi connectivity index (χ4n) is 3.45. The summed E-state index contributed by atoms with van der Waals surface area (Å²) in [7, 11) is 0. The highest BCUT2D eigenvalue weighted by Crippen LogP contribution is 2.36. The highest BCUT2D eigenvalue weighted by atomic mass is 127. The standard InChI is InChI=1S/C26H21Cl2IN2O3/c1-3-33-24-14-18(11-20-16(2)30-31(26(20)32)19-7-5-4-6-8-19)13-23(29)25(24)34-15-17-9-10-21(27)22(28)12-17/h4-14H,3,15H2,1-2H3/b20-11+. The first-order valence-electron chi connectivity index (χ1n) is 10.6. The van der Waals surface area contributed by atoms with Crippen LogP contribution in [0, 0.1) is 3.57 Å². The van der Waals surface area contributed by atoms with Crippen LogP contribution in [0.5, 0.6) is 11.5 Å². The van der Waals surface area contributed by atoms with Gasteiger partial charge in [-0.25, -0.2) is 0 Å². The van der Waals surface area contributed by atoms with Crippen molar-refractivity contribution in [1.29, 1.82) is 0 Å². The summed E-state index contributed by atoms with van der Waals surface area (Å²) in [5.41, 5.74) is 3.63. The molecule has 0 fully saturated rings. The lowest BCUT2D eigenvalue weighted by Gasteiger charge is -2.15. The number of nitrogens with zero attached hydrogens (tertiary/aromatic N) is 2. The smallest absolute Gasteiger partial charge is 0.280 e. The van der Waals surface area contributed by atoms with Gasteiger partial charge in [0.2, 0.25) is 0 Å². The van der Waals surface area contributed by atoms with Gasteiger partial charge in [0.15, 0.2) is 11.5 Å². The fourth-order valence-corrected chi connectivity index (χ4v) is 4.56. The average Bonchev–Trinajstić information content (AvgIpc) is 3.10. The van der Waals surface area contributed by atoms with Crippen LogP contribution < -0.4 is 14.5 Å². The molecule has 0 N–H and O–H groups in total. The second kappa shape index (κ2) is 10.8. The van der Waals surface area contributed by atoms with Gasteiger partial charge in [0.25, 0.3) is 5.91 Å². The third-order valence-corrected chi connectivity index (χ3v) is 6.61. The molecule has 5 nitrogen and oxygen atoms in total. The molecule has 0 radical (unpaired) electrons. The van der Waals surface area contributed by atoms with Crippen LogP contribution in [0.15, 0.2) is 71.3 Å². The third-order valence-electron chi connectivity index (χ3n) is 5.07. The van der Waals surface area contributed by atoms with E-state index in [1.165, 1.54) is 5.01 Å². The Balaban J connectivity index is 1.61. The first kappa shape index (κ1) is 24.6. The Bertz CT molecular complexity index is 1290. The Hall–Kier alpha value is -2.55. The van der Waals surface area contributed by atoms with Gasteiger partial charge in [0.1, 0.15) is 6.61 Å². The highest BCUT2D eigenvalue weighted by molar-refractivity contribution is 14.1. The molecule has 0 aliphatic carbocycles. The molecule has 8 heteroatoms. The molecule has 0 saturated carbocycles. The Morgan fingerprint density at radius 1 is 1.03 bits per heavy atom. The topological polar surface area (TPSA) is 51.1 Å². The Morgan fingerprint density at radius 2 is 1.79 bits per heavy atom. The minimum atomic E-state index is -0.170. The molecule has 1 amide bonds. The molecule has 4 rings (SSSR count). The maximum Gasteiger partial charge on any atom is 0.280 e. The van der Waals surface area contributed by atoms with Gasteiger partial charge in [0.05, 0.1) is 37.2 Å². The van der Waals surface area contributed by atoms with E-state index in [2.05, 4.69) is 27.7 Å². The maximum atomic E-state index is 13.1. The van der Waals surface area contributed by atoms with Crippen LogP contribution in [-0.2, 0) is 11.4 Å². The number of benzene rings is 3. The lowest BCUT2D eigenvalue weighted by molar-refractivity contribution is -0.114. The highest BCUT2D eigenvalue weighted by Gasteiger charge is 2.28. The number of anilines is 1. The number of hydrazone groups is 1. The van der Waals surface area contributed by atoms with Crippen LogP contribution in [0.25, 0.3) is 6.08 Å². The van der Waals surface area contributed by atoms with Crippen LogP contribution in [0.1, 0.15) is 25.0 Å². The zero-order valence-electron chi connectivity index (χ0n) is 18.5. The molecular formula is C26H21Cl2IN2O3. The third kappa shape index (κ3) is 5.40. The molecule has 0 saturated heterocycles. The van der Waals surface area contributed by atoms with Crippen molar-refractivity contribution in [3.63, 3.8) is 0 Å². The van der Waals surface area contributed by atoms with E-state index in [9.17, 15) is 4.79 Å². The number of hydrogen-bond donors (Lipinski definition) is 0. The number of carbonyl (C=O) groups is 1. The first-order valence-corrected chi connectivity index (χ1v) is 12.4. The van der Waals surface area contributed by atoms with E-state index in [1.807, 2.05) is 68.5 Å². The molecule has 0 aromatic heterocycles. The molecule has 1 heterocycles. The van der Waals surface area contributed by atoms with Crippen molar-refractivity contribution in [2.24, 2.45) is 5.10 Å². The van der Waals surface area contributed by atoms with Crippen molar-refractivity contribution >= 4 is 69.2 Å². The summed E-state index contributed by atoms with van der Waals surface area (Å²) in [5, 5.41) is 6.85. The number of para-hydroxylation sites is 1. The van der Waals surface area contributed by atoms with E-state index in [4.69, 9.17) is 32.7 Å². The van der Waals surface area contributed by atoms with Gasteiger partial charge in [-0.1, -0.05) is 47.5 Å². The normalized spacial score (nSPS) is 14.5. The van der Waals surface area contributed by atoms with E-state index in [0.717, 1.165) is 20.4 Å². The van der Waals surface area contributed by atoms with Gasteiger partial charge >= 0.3 is 0 Å². The molecule has 0 spiro atoms. The summed E-state index contributed by atoms with van der Waals surface area (Å²) >= 11 is 14.3. The Kier molecular flexibility index (Phi) is 7.80. The maximum absolute atomic E-state index is 13.1. The molecule has 3 aromatic rings. The van der Waals surface area contributed by atoms with Crippen LogP contribution in [0.4, 0.5) is 5.69 Å². The van der Waals surface area contributed by atoms with Gasteiger partial charge in [-0.2, -0.15) is 10.1 Å². The quantitative estimate of drug-likeness (QED) is 0.208. The summed E-state index contributed by atoms with van der Waals surface area (Å²) in [6.07, 6.45) is 1.83. The second-order valence-electron chi connectivity index (χ2n) is 7.50. The number of amides is 1. The first-order chi connectivity index (χ1) is 16.4. The van der Waals surface area contributed by atoms with Crippen LogP contribution in [0.2, 0.25) is 10.0 Å². The Morgan fingerprint density at radius 3 is 2.50 bits per heavy atom. The Labute approximate surface area is 222 Å². The van der Waals surface area contributed by atoms with E-state index >= 15 is 0 Å². The predicted octanol–water partition coefficient (Wildman–Crippen LogP) is 7.38. The zero-order chi connectivity index (χ0) is 24.2. The predicted molar refractivity (Wildman–Crippen MR) is 146 cm³/mol. The van der Waals surface area contributed by atoms with Crippen molar-refractivity contribution in [3.05, 3.63) is 91.0 Å². The van der Waals surface area contributed by atoms with Gasteiger partial charge in [-0.15, -0.1) is 0 Å². The molecule has 34 heavy (non-hydrogen) atoms. The molecule has 0 atom stereocenters. The summed E-state index contributed by atoms with van der Waals surface area (Å²) in [5.74, 6) is 1.06. The van der Waals surface area contributed by atoms with E-state index in [0.29, 0.717) is 46.0 Å². The van der Waals surface area contributed by atoms with Gasteiger partial charge < -0.3 is 9.47 Å². The van der Waals surface area contributed by atoms with Crippen LogP contribution in [0.3, 0.4) is 0 Å². The largest absolute Gasteiger partial charge is 0.490 e. The lowest BCUT2D eigenvalue weighted by atomic mass is 10.1. The number of hydrogen-bond acceptors (Lipinski definition) is 4. The molecular weight excluding hydrogens is 586 g/mol. The van der Waals surface area contributed by atoms with Crippen molar-refractivity contribution in [2.75, 3.05) is 11.6 Å². The number of ether oxygens (including phenoxy) is 2. The van der Waals surface area contributed by atoms with Crippen molar-refractivity contribution in [1.82, 2.24) is 0 Å². The lowest BCUT2D eigenvalue weighted by Crippen LogP contribution is -2.21. The number of rotatable bonds is 7. The summed E-state index contributed by atoms with van der Waals surface area (Å²) in [6.45, 7) is 4.52. The van der Waals surface area contributed by atoms with Crippen LogP contribution in [-0.4, -0.2) is 18.2 Å². The molecule has 0 bridgehead atoms. The van der Waals surface area contributed by atoms with Gasteiger partial charge in [-0.3, -0.25) is 4.79 Å². The summed E-state index contributed by atoms with van der Waals surface area (Å²) < 4.78 is 12.8. The van der Waals surface area contributed by atoms with Crippen molar-refractivity contribution in [2.45, 2.75) is 20.5 Å². The van der Waals surface area contributed by atoms with Crippen LogP contribution >= 0.6 is 45.8 Å². The monoisotopic (exact) mass is 606 g/mol.